The molecular formula is C15H19FO2. The number of carbonyl (C=O) groups is 1. The van der Waals surface area contributed by atoms with Gasteiger partial charge in [-0.25, -0.2) is 4.39 Å². The highest BCUT2D eigenvalue weighted by Gasteiger charge is 2.18. The molecule has 0 aliphatic carbocycles. The number of benzene rings is 1. The third-order valence-corrected chi connectivity index (χ3v) is 3.43. The predicted octanol–water partition coefficient (Wildman–Crippen LogP) is 3.20. The van der Waals surface area contributed by atoms with Gasteiger partial charge in [-0.2, -0.15) is 0 Å². The van der Waals surface area contributed by atoms with Crippen LogP contribution < -0.4 is 0 Å². The smallest absolute Gasteiger partial charge is 0.139 e. The average Bonchev–Trinajstić information content (AvgIpc) is 2.35. The van der Waals surface area contributed by atoms with E-state index in [1.165, 1.54) is 12.1 Å². The lowest BCUT2D eigenvalue weighted by atomic mass is 9.98. The quantitative estimate of drug-likeness (QED) is 0.820. The summed E-state index contributed by atoms with van der Waals surface area (Å²) in [5.74, 6) is -0.145. The van der Waals surface area contributed by atoms with Crippen LogP contribution in [0.15, 0.2) is 18.2 Å². The fourth-order valence-corrected chi connectivity index (χ4v) is 2.34. The molecule has 1 aromatic rings. The maximum Gasteiger partial charge on any atom is 0.139 e. The lowest BCUT2D eigenvalue weighted by Gasteiger charge is -2.21. The molecule has 0 aromatic heterocycles. The lowest BCUT2D eigenvalue weighted by Crippen LogP contribution is -2.23. The van der Waals surface area contributed by atoms with Crippen LogP contribution in [-0.2, 0) is 16.0 Å². The van der Waals surface area contributed by atoms with E-state index in [0.717, 1.165) is 37.0 Å². The minimum Gasteiger partial charge on any atom is -0.378 e. The summed E-state index contributed by atoms with van der Waals surface area (Å²) in [6, 6.07) is 4.59. The second-order valence-electron chi connectivity index (χ2n) is 4.98. The fourth-order valence-electron chi connectivity index (χ4n) is 2.34. The first kappa shape index (κ1) is 13.2. The molecule has 3 heteroatoms. The number of Topliss-reactive ketones (excluding diaryl/α,β-unsaturated/α-hetero) is 1. The van der Waals surface area contributed by atoms with Crippen LogP contribution in [0.2, 0.25) is 0 Å². The van der Waals surface area contributed by atoms with Crippen LogP contribution in [0.1, 0.15) is 36.8 Å². The zero-order valence-electron chi connectivity index (χ0n) is 10.7. The summed E-state index contributed by atoms with van der Waals surface area (Å²) in [5.41, 5.74) is 1.75. The van der Waals surface area contributed by atoms with E-state index in [1.54, 1.807) is 6.07 Å². The van der Waals surface area contributed by atoms with Crippen LogP contribution in [0.5, 0.6) is 0 Å². The van der Waals surface area contributed by atoms with Gasteiger partial charge in [0.2, 0.25) is 0 Å². The van der Waals surface area contributed by atoms with Gasteiger partial charge in [0.15, 0.2) is 0 Å². The summed E-state index contributed by atoms with van der Waals surface area (Å²) in [7, 11) is 0. The Hall–Kier alpha value is -1.22. The van der Waals surface area contributed by atoms with E-state index in [2.05, 4.69) is 0 Å². The van der Waals surface area contributed by atoms with Crippen molar-refractivity contribution in [3.63, 3.8) is 0 Å². The summed E-state index contributed by atoms with van der Waals surface area (Å²) >= 11 is 0. The normalized spacial score (nSPS) is 19.8. The van der Waals surface area contributed by atoms with Gasteiger partial charge in [-0.3, -0.25) is 4.79 Å². The fraction of sp³-hybridized carbons (Fsp3) is 0.533. The Morgan fingerprint density at radius 2 is 2.28 bits per heavy atom. The molecule has 1 fully saturated rings. The molecule has 1 saturated heterocycles. The van der Waals surface area contributed by atoms with E-state index < -0.39 is 0 Å². The third kappa shape index (κ3) is 3.64. The van der Waals surface area contributed by atoms with Crippen LogP contribution in [-0.4, -0.2) is 18.5 Å². The first-order valence-electron chi connectivity index (χ1n) is 6.53. The van der Waals surface area contributed by atoms with Crippen molar-refractivity contribution in [1.29, 1.82) is 0 Å². The molecule has 2 rings (SSSR count). The maximum absolute atomic E-state index is 13.1. The molecule has 1 aliphatic rings. The van der Waals surface area contributed by atoms with Crippen LogP contribution in [0.25, 0.3) is 0 Å². The molecule has 1 aliphatic heterocycles. The second-order valence-corrected chi connectivity index (χ2v) is 4.98. The summed E-state index contributed by atoms with van der Waals surface area (Å²) in [6.07, 6.45) is 4.03. The summed E-state index contributed by atoms with van der Waals surface area (Å²) in [6.45, 7) is 2.66. The Balaban J connectivity index is 1.92. The van der Waals surface area contributed by atoms with Crippen molar-refractivity contribution >= 4 is 5.78 Å². The van der Waals surface area contributed by atoms with Crippen LogP contribution in [0, 0.1) is 12.7 Å². The summed E-state index contributed by atoms with van der Waals surface area (Å²) in [5, 5.41) is 0. The van der Waals surface area contributed by atoms with Crippen molar-refractivity contribution in [3.05, 3.63) is 35.1 Å². The number of aryl methyl sites for hydroxylation is 1. The van der Waals surface area contributed by atoms with E-state index in [1.807, 2.05) is 6.92 Å². The topological polar surface area (TPSA) is 26.3 Å². The SMILES string of the molecule is Cc1ccc(F)cc1CC(=O)CC1CCCCO1. The molecule has 1 unspecified atom stereocenters. The number of ether oxygens (including phenoxy) is 1. The van der Waals surface area contributed by atoms with Gasteiger partial charge in [0.25, 0.3) is 0 Å². The van der Waals surface area contributed by atoms with Crippen molar-refractivity contribution in [2.24, 2.45) is 0 Å². The zero-order valence-corrected chi connectivity index (χ0v) is 10.7. The molecule has 18 heavy (non-hydrogen) atoms. The molecular weight excluding hydrogens is 231 g/mol. The number of carbonyl (C=O) groups excluding carboxylic acids is 1. The van der Waals surface area contributed by atoms with Crippen molar-refractivity contribution in [1.82, 2.24) is 0 Å². The minimum absolute atomic E-state index is 0.0696. The van der Waals surface area contributed by atoms with Gasteiger partial charge >= 0.3 is 0 Å². The first-order valence-corrected chi connectivity index (χ1v) is 6.53. The highest BCUT2D eigenvalue weighted by atomic mass is 19.1. The van der Waals surface area contributed by atoms with Crippen molar-refractivity contribution in [2.75, 3.05) is 6.61 Å². The molecule has 0 saturated carbocycles. The Morgan fingerprint density at radius 3 is 3.00 bits per heavy atom. The van der Waals surface area contributed by atoms with E-state index in [-0.39, 0.29) is 17.7 Å². The van der Waals surface area contributed by atoms with Crippen molar-refractivity contribution in [3.8, 4) is 0 Å². The molecule has 98 valence electrons. The molecule has 0 amide bonds. The highest BCUT2D eigenvalue weighted by Crippen LogP contribution is 2.18. The molecule has 1 heterocycles. The number of ketones is 1. The van der Waals surface area contributed by atoms with Gasteiger partial charge in [-0.05, 0) is 49.4 Å². The van der Waals surface area contributed by atoms with Crippen molar-refractivity contribution in [2.45, 2.75) is 45.1 Å². The van der Waals surface area contributed by atoms with Gasteiger partial charge < -0.3 is 4.74 Å². The monoisotopic (exact) mass is 250 g/mol. The zero-order chi connectivity index (χ0) is 13.0. The molecule has 0 N–H and O–H groups in total. The number of hydrogen-bond donors (Lipinski definition) is 0. The molecule has 2 nitrogen and oxygen atoms in total. The largest absolute Gasteiger partial charge is 0.378 e. The lowest BCUT2D eigenvalue weighted by molar-refractivity contribution is -0.122. The predicted molar refractivity (Wildman–Crippen MR) is 68.1 cm³/mol. The van der Waals surface area contributed by atoms with Crippen LogP contribution >= 0.6 is 0 Å². The summed E-state index contributed by atoms with van der Waals surface area (Å²) in [4.78, 5) is 11.9. The highest BCUT2D eigenvalue weighted by molar-refractivity contribution is 5.81. The molecule has 1 aromatic carbocycles. The Morgan fingerprint density at radius 1 is 1.44 bits per heavy atom. The molecule has 0 radical (unpaired) electrons. The molecule has 0 spiro atoms. The van der Waals surface area contributed by atoms with Gasteiger partial charge in [0, 0.05) is 19.4 Å². The molecule has 1 atom stereocenters. The maximum atomic E-state index is 13.1. The summed E-state index contributed by atoms with van der Waals surface area (Å²) < 4.78 is 18.7. The number of halogens is 1. The Labute approximate surface area is 107 Å². The average molecular weight is 250 g/mol. The van der Waals surface area contributed by atoms with E-state index in [4.69, 9.17) is 4.74 Å². The van der Waals surface area contributed by atoms with Crippen LogP contribution in [0.4, 0.5) is 4.39 Å². The Bertz CT molecular complexity index is 423. The van der Waals surface area contributed by atoms with Gasteiger partial charge in [0.05, 0.1) is 6.10 Å². The minimum atomic E-state index is -0.280. The molecule has 0 bridgehead atoms. The number of hydrogen-bond acceptors (Lipinski definition) is 2. The van der Waals surface area contributed by atoms with Crippen LogP contribution in [0.3, 0.4) is 0 Å². The third-order valence-electron chi connectivity index (χ3n) is 3.43. The standard InChI is InChI=1S/C15H19FO2/c1-11-5-6-13(16)8-12(11)9-14(17)10-15-4-2-3-7-18-15/h5-6,8,15H,2-4,7,9-10H2,1H3. The first-order chi connectivity index (χ1) is 8.65. The van der Waals surface area contributed by atoms with E-state index in [9.17, 15) is 9.18 Å². The van der Waals surface area contributed by atoms with E-state index >= 15 is 0 Å². The second kappa shape index (κ2) is 6.10. The van der Waals surface area contributed by atoms with Gasteiger partial charge in [-0.15, -0.1) is 0 Å². The number of rotatable bonds is 4. The van der Waals surface area contributed by atoms with E-state index in [0.29, 0.717) is 12.8 Å². The Kier molecular flexibility index (Phi) is 4.48. The van der Waals surface area contributed by atoms with Gasteiger partial charge in [-0.1, -0.05) is 6.07 Å². The van der Waals surface area contributed by atoms with Gasteiger partial charge in [0.1, 0.15) is 11.6 Å². The van der Waals surface area contributed by atoms with Crippen molar-refractivity contribution < 1.29 is 13.9 Å².